The van der Waals surface area contributed by atoms with E-state index in [1.54, 1.807) is 17.8 Å². The lowest BCUT2D eigenvalue weighted by Gasteiger charge is -2.32. The molecule has 1 aliphatic rings. The molecule has 1 fully saturated rings. The Morgan fingerprint density at radius 2 is 2.10 bits per heavy atom. The molecule has 7 heteroatoms. The number of likely N-dealkylation sites (tertiary alicyclic amines) is 1. The van der Waals surface area contributed by atoms with E-state index in [-0.39, 0.29) is 11.8 Å². The predicted octanol–water partition coefficient (Wildman–Crippen LogP) is 4.74. The summed E-state index contributed by atoms with van der Waals surface area (Å²) in [6.45, 7) is 1.85. The Labute approximate surface area is 181 Å². The zero-order valence-electron chi connectivity index (χ0n) is 16.7. The third kappa shape index (κ3) is 6.28. The minimum Gasteiger partial charge on any atom is -0.455 e. The number of halogens is 1. The molecule has 29 heavy (non-hydrogen) atoms. The molecule has 156 valence electrons. The molecule has 2 heterocycles. The van der Waals surface area contributed by atoms with Gasteiger partial charge in [-0.05, 0) is 55.2 Å². The van der Waals surface area contributed by atoms with Crippen LogP contribution in [0.4, 0.5) is 0 Å². The summed E-state index contributed by atoms with van der Waals surface area (Å²) in [4.78, 5) is 26.8. The second kappa shape index (κ2) is 10.7. The van der Waals surface area contributed by atoms with Crippen LogP contribution in [-0.4, -0.2) is 36.1 Å². The first-order chi connectivity index (χ1) is 14.1. The molecule has 0 radical (unpaired) electrons. The first-order valence-electron chi connectivity index (χ1n) is 9.94. The lowest BCUT2D eigenvalue weighted by molar-refractivity contribution is -0.121. The quantitative estimate of drug-likeness (QED) is 0.651. The van der Waals surface area contributed by atoms with Crippen LogP contribution in [0.25, 0.3) is 0 Å². The summed E-state index contributed by atoms with van der Waals surface area (Å²) in [6, 6.07) is 11.1. The molecule has 1 aliphatic heterocycles. The summed E-state index contributed by atoms with van der Waals surface area (Å²) in [5.74, 6) is 2.29. The van der Waals surface area contributed by atoms with E-state index in [1.807, 2.05) is 41.5 Å². The summed E-state index contributed by atoms with van der Waals surface area (Å²) in [5, 5.41) is 3.59. The van der Waals surface area contributed by atoms with Gasteiger partial charge in [0.25, 0.3) is 5.91 Å². The highest BCUT2D eigenvalue weighted by Gasteiger charge is 2.26. The number of thioether (sulfide) groups is 1. The van der Waals surface area contributed by atoms with Crippen LogP contribution in [0.2, 0.25) is 5.02 Å². The molecule has 3 rings (SSSR count). The number of hydrogen-bond donors (Lipinski definition) is 1. The molecule has 1 aromatic carbocycles. The lowest BCUT2D eigenvalue weighted by atomic mass is 9.93. The fourth-order valence-corrected chi connectivity index (χ4v) is 4.26. The molecule has 1 atom stereocenters. The first-order valence-corrected chi connectivity index (χ1v) is 11.7. The molecule has 2 amide bonds. The minimum atomic E-state index is -0.0507. The summed E-state index contributed by atoms with van der Waals surface area (Å²) in [6.07, 6.45) is 5.22. The van der Waals surface area contributed by atoms with Gasteiger partial charge >= 0.3 is 0 Å². The van der Waals surface area contributed by atoms with Crippen molar-refractivity contribution in [2.75, 3.05) is 19.3 Å². The topological polar surface area (TPSA) is 62.6 Å². The van der Waals surface area contributed by atoms with Gasteiger partial charge in [0.1, 0.15) is 5.76 Å². The third-order valence-corrected chi connectivity index (χ3v) is 6.12. The number of hydrogen-bond acceptors (Lipinski definition) is 4. The van der Waals surface area contributed by atoms with E-state index in [2.05, 4.69) is 5.32 Å². The van der Waals surface area contributed by atoms with Crippen molar-refractivity contribution in [3.8, 4) is 0 Å². The Kier molecular flexibility index (Phi) is 8.07. The smallest absolute Gasteiger partial charge is 0.289 e. The summed E-state index contributed by atoms with van der Waals surface area (Å²) >= 11 is 7.79. The molecule has 1 aromatic heterocycles. The SMILES string of the molecule is CSCc1ccc(C(=O)N2CCC[C@@H](CCC(=O)NCc3ccccc3Cl)C2)o1. The number of benzene rings is 1. The van der Waals surface area contributed by atoms with Crippen LogP contribution in [0.3, 0.4) is 0 Å². The monoisotopic (exact) mass is 434 g/mol. The van der Waals surface area contributed by atoms with Crippen molar-refractivity contribution in [3.05, 3.63) is 58.5 Å². The first kappa shape index (κ1) is 21.8. The number of carbonyl (C=O) groups is 2. The van der Waals surface area contributed by atoms with E-state index in [4.69, 9.17) is 16.0 Å². The van der Waals surface area contributed by atoms with Gasteiger partial charge in [-0.1, -0.05) is 29.8 Å². The Balaban J connectivity index is 1.44. The average molecular weight is 435 g/mol. The van der Waals surface area contributed by atoms with Crippen molar-refractivity contribution in [2.24, 2.45) is 5.92 Å². The summed E-state index contributed by atoms with van der Waals surface area (Å²) < 4.78 is 5.67. The number of amides is 2. The average Bonchev–Trinajstić information content (AvgIpc) is 3.20. The predicted molar refractivity (Wildman–Crippen MR) is 117 cm³/mol. The summed E-state index contributed by atoms with van der Waals surface area (Å²) in [5.41, 5.74) is 0.913. The number of nitrogens with one attached hydrogen (secondary N) is 1. The summed E-state index contributed by atoms with van der Waals surface area (Å²) in [7, 11) is 0. The standard InChI is InChI=1S/C22H27ClN2O3S/c1-29-15-18-9-10-20(28-18)22(27)25-12-4-5-16(14-25)8-11-21(26)24-13-17-6-2-3-7-19(17)23/h2-3,6-7,9-10,16H,4-5,8,11-15H2,1H3,(H,24,26)/t16-/m0/s1. The van der Waals surface area contributed by atoms with Gasteiger partial charge < -0.3 is 14.6 Å². The van der Waals surface area contributed by atoms with Crippen molar-refractivity contribution >= 4 is 35.2 Å². The van der Waals surface area contributed by atoms with E-state index in [9.17, 15) is 9.59 Å². The Hall–Kier alpha value is -1.92. The van der Waals surface area contributed by atoms with Crippen LogP contribution in [0, 0.1) is 5.92 Å². The molecular weight excluding hydrogens is 408 g/mol. The van der Waals surface area contributed by atoms with E-state index in [0.29, 0.717) is 36.2 Å². The highest BCUT2D eigenvalue weighted by atomic mass is 35.5. The second-order valence-corrected chi connectivity index (χ2v) is 8.64. The van der Waals surface area contributed by atoms with Gasteiger partial charge in [0.05, 0.1) is 5.75 Å². The van der Waals surface area contributed by atoms with Gasteiger partial charge in [-0.3, -0.25) is 9.59 Å². The Morgan fingerprint density at radius 1 is 1.28 bits per heavy atom. The molecule has 0 unspecified atom stereocenters. The van der Waals surface area contributed by atoms with Gasteiger partial charge in [-0.2, -0.15) is 11.8 Å². The highest BCUT2D eigenvalue weighted by molar-refractivity contribution is 7.97. The fraction of sp³-hybridized carbons (Fsp3) is 0.455. The number of carbonyl (C=O) groups excluding carboxylic acids is 2. The van der Waals surface area contributed by atoms with Crippen LogP contribution in [0.1, 0.15) is 47.6 Å². The zero-order valence-corrected chi connectivity index (χ0v) is 18.2. The second-order valence-electron chi connectivity index (χ2n) is 7.37. The molecule has 0 bridgehead atoms. The largest absolute Gasteiger partial charge is 0.455 e. The van der Waals surface area contributed by atoms with Crippen LogP contribution in [0.15, 0.2) is 40.8 Å². The van der Waals surface area contributed by atoms with Gasteiger partial charge in [0.2, 0.25) is 5.91 Å². The Bertz CT molecular complexity index is 839. The molecule has 0 aliphatic carbocycles. The van der Waals surface area contributed by atoms with Crippen molar-refractivity contribution in [3.63, 3.8) is 0 Å². The number of piperidine rings is 1. The number of nitrogens with zero attached hydrogens (tertiary/aromatic N) is 1. The van der Waals surface area contributed by atoms with E-state index < -0.39 is 0 Å². The van der Waals surface area contributed by atoms with Crippen LogP contribution in [-0.2, 0) is 17.1 Å². The van der Waals surface area contributed by atoms with Gasteiger partial charge in [-0.25, -0.2) is 0 Å². The number of rotatable bonds is 8. The maximum Gasteiger partial charge on any atom is 0.289 e. The highest BCUT2D eigenvalue weighted by Crippen LogP contribution is 2.24. The maximum atomic E-state index is 12.7. The molecule has 0 saturated carbocycles. The molecule has 2 aromatic rings. The zero-order chi connectivity index (χ0) is 20.6. The third-order valence-electron chi connectivity index (χ3n) is 5.18. The van der Waals surface area contributed by atoms with Crippen molar-refractivity contribution < 1.29 is 14.0 Å². The maximum absolute atomic E-state index is 12.7. The fourth-order valence-electron chi connectivity index (χ4n) is 3.61. The minimum absolute atomic E-state index is 0.0149. The van der Waals surface area contributed by atoms with Gasteiger partial charge in [0, 0.05) is 31.1 Å². The molecular formula is C22H27ClN2O3S. The van der Waals surface area contributed by atoms with Crippen LogP contribution in [0.5, 0.6) is 0 Å². The van der Waals surface area contributed by atoms with Crippen LogP contribution < -0.4 is 5.32 Å². The molecule has 0 spiro atoms. The van der Waals surface area contributed by atoms with E-state index in [1.165, 1.54) is 0 Å². The van der Waals surface area contributed by atoms with Crippen LogP contribution >= 0.6 is 23.4 Å². The molecule has 1 N–H and O–H groups in total. The number of furan rings is 1. The van der Waals surface area contributed by atoms with Gasteiger partial charge in [-0.15, -0.1) is 0 Å². The van der Waals surface area contributed by atoms with Crippen molar-refractivity contribution in [2.45, 2.75) is 38.0 Å². The van der Waals surface area contributed by atoms with Crippen molar-refractivity contribution in [1.29, 1.82) is 0 Å². The van der Waals surface area contributed by atoms with E-state index >= 15 is 0 Å². The molecule has 1 saturated heterocycles. The Morgan fingerprint density at radius 3 is 2.90 bits per heavy atom. The van der Waals surface area contributed by atoms with E-state index in [0.717, 1.165) is 42.9 Å². The molecule has 5 nitrogen and oxygen atoms in total. The van der Waals surface area contributed by atoms with Crippen molar-refractivity contribution in [1.82, 2.24) is 10.2 Å². The van der Waals surface area contributed by atoms with Gasteiger partial charge in [0.15, 0.2) is 5.76 Å². The normalized spacial score (nSPS) is 16.6. The lowest BCUT2D eigenvalue weighted by Crippen LogP contribution is -2.40.